The number of carbonyl (C=O) groups excluding carboxylic acids is 2. The Morgan fingerprint density at radius 3 is 2.45 bits per heavy atom. The van der Waals surface area contributed by atoms with Crippen LogP contribution < -0.4 is 11.1 Å². The lowest BCUT2D eigenvalue weighted by Gasteiger charge is -2.14. The van der Waals surface area contributed by atoms with E-state index in [4.69, 9.17) is 5.73 Å². The van der Waals surface area contributed by atoms with Gasteiger partial charge in [0.15, 0.2) is 0 Å². The van der Waals surface area contributed by atoms with Gasteiger partial charge in [0.2, 0.25) is 5.91 Å². The summed E-state index contributed by atoms with van der Waals surface area (Å²) in [4.78, 5) is 25.1. The van der Waals surface area contributed by atoms with Gasteiger partial charge in [0.25, 0.3) is 5.91 Å². The summed E-state index contributed by atoms with van der Waals surface area (Å²) in [7, 11) is 3.38. The van der Waals surface area contributed by atoms with Crippen molar-refractivity contribution in [3.8, 4) is 0 Å². The minimum Gasteiger partial charge on any atom is -0.345 e. The summed E-state index contributed by atoms with van der Waals surface area (Å²) in [6.45, 7) is 3.66. The molecule has 0 saturated heterocycles. The largest absolute Gasteiger partial charge is 0.345 e. The Morgan fingerprint density at radius 1 is 1.35 bits per heavy atom. The number of nitrogens with one attached hydrogen (secondary N) is 1. The number of hydrogen-bond acceptors (Lipinski definition) is 3. The fourth-order valence-corrected chi connectivity index (χ4v) is 1.64. The van der Waals surface area contributed by atoms with Crippen LogP contribution in [0.15, 0.2) is 18.2 Å². The molecular formula is C14H22ClN3O2. The standard InChI is InChI=1S/C14H21N3O2.ClH/c1-9-5-6-11(14(19)17(3)4)8-12(9)16-13(18)7-10(2)15;/h5-6,8,10H,7,15H2,1-4H3,(H,16,18);1H. The van der Waals surface area contributed by atoms with E-state index in [1.54, 1.807) is 33.2 Å². The molecule has 0 spiro atoms. The minimum atomic E-state index is -0.188. The molecule has 2 amide bonds. The topological polar surface area (TPSA) is 75.4 Å². The second-order valence-electron chi connectivity index (χ2n) is 4.96. The Morgan fingerprint density at radius 2 is 1.95 bits per heavy atom. The lowest BCUT2D eigenvalue weighted by atomic mass is 10.1. The van der Waals surface area contributed by atoms with E-state index in [9.17, 15) is 9.59 Å². The highest BCUT2D eigenvalue weighted by Crippen LogP contribution is 2.18. The molecular weight excluding hydrogens is 278 g/mol. The van der Waals surface area contributed by atoms with Gasteiger partial charge in [0.1, 0.15) is 0 Å². The van der Waals surface area contributed by atoms with Gasteiger partial charge >= 0.3 is 0 Å². The Balaban J connectivity index is 0.00000361. The average molecular weight is 300 g/mol. The Labute approximate surface area is 125 Å². The molecule has 0 aromatic heterocycles. The molecule has 0 aliphatic rings. The zero-order valence-corrected chi connectivity index (χ0v) is 13.1. The molecule has 112 valence electrons. The zero-order valence-electron chi connectivity index (χ0n) is 12.3. The van der Waals surface area contributed by atoms with E-state index in [-0.39, 0.29) is 36.7 Å². The molecule has 1 aromatic rings. The van der Waals surface area contributed by atoms with Crippen molar-refractivity contribution < 1.29 is 9.59 Å². The van der Waals surface area contributed by atoms with Crippen molar-refractivity contribution in [3.05, 3.63) is 29.3 Å². The fourth-order valence-electron chi connectivity index (χ4n) is 1.64. The van der Waals surface area contributed by atoms with Crippen molar-refractivity contribution in [2.24, 2.45) is 5.73 Å². The smallest absolute Gasteiger partial charge is 0.253 e. The Kier molecular flexibility index (Phi) is 7.24. The van der Waals surface area contributed by atoms with E-state index in [1.165, 1.54) is 4.90 Å². The molecule has 1 aromatic carbocycles. The number of nitrogens with zero attached hydrogens (tertiary/aromatic N) is 1. The van der Waals surface area contributed by atoms with Gasteiger partial charge in [-0.3, -0.25) is 9.59 Å². The SMILES string of the molecule is Cc1ccc(C(=O)N(C)C)cc1NC(=O)CC(C)N.Cl. The van der Waals surface area contributed by atoms with Crippen molar-refractivity contribution in [2.75, 3.05) is 19.4 Å². The van der Waals surface area contributed by atoms with Crippen LogP contribution in [0.2, 0.25) is 0 Å². The van der Waals surface area contributed by atoms with Crippen LogP contribution in [0, 0.1) is 6.92 Å². The first-order valence-corrected chi connectivity index (χ1v) is 6.19. The Hall–Kier alpha value is -1.59. The van der Waals surface area contributed by atoms with Crippen LogP contribution in [0.4, 0.5) is 5.69 Å². The molecule has 6 heteroatoms. The number of carbonyl (C=O) groups is 2. The number of nitrogens with two attached hydrogens (primary N) is 1. The minimum absolute atomic E-state index is 0. The van der Waals surface area contributed by atoms with Crippen LogP contribution in [0.1, 0.15) is 29.3 Å². The summed E-state index contributed by atoms with van der Waals surface area (Å²) >= 11 is 0. The quantitative estimate of drug-likeness (QED) is 0.890. The highest BCUT2D eigenvalue weighted by atomic mass is 35.5. The average Bonchev–Trinajstić information content (AvgIpc) is 2.29. The van der Waals surface area contributed by atoms with E-state index in [0.29, 0.717) is 11.3 Å². The van der Waals surface area contributed by atoms with Gasteiger partial charge in [-0.2, -0.15) is 0 Å². The van der Waals surface area contributed by atoms with E-state index in [2.05, 4.69) is 5.32 Å². The summed E-state index contributed by atoms with van der Waals surface area (Å²) in [5.41, 5.74) is 7.69. The maximum Gasteiger partial charge on any atom is 0.253 e. The zero-order chi connectivity index (χ0) is 14.6. The number of anilines is 1. The van der Waals surface area contributed by atoms with Crippen LogP contribution in [0.5, 0.6) is 0 Å². The lowest BCUT2D eigenvalue weighted by molar-refractivity contribution is -0.116. The molecule has 0 bridgehead atoms. The maximum atomic E-state index is 11.9. The third kappa shape index (κ3) is 5.19. The third-order valence-electron chi connectivity index (χ3n) is 2.67. The van der Waals surface area contributed by atoms with Crippen LogP contribution in [-0.4, -0.2) is 36.9 Å². The van der Waals surface area contributed by atoms with Gasteiger partial charge in [-0.05, 0) is 31.5 Å². The van der Waals surface area contributed by atoms with Gasteiger partial charge in [-0.1, -0.05) is 6.07 Å². The number of amides is 2. The summed E-state index contributed by atoms with van der Waals surface area (Å²) < 4.78 is 0. The maximum absolute atomic E-state index is 11.9. The molecule has 0 aliphatic carbocycles. The first-order chi connectivity index (χ1) is 8.81. The first-order valence-electron chi connectivity index (χ1n) is 6.19. The van der Waals surface area contributed by atoms with Crippen LogP contribution >= 0.6 is 12.4 Å². The van der Waals surface area contributed by atoms with Crippen LogP contribution in [0.25, 0.3) is 0 Å². The molecule has 1 atom stereocenters. The predicted octanol–water partition coefficient (Wildman–Crippen LogP) is 1.79. The number of halogens is 1. The fraction of sp³-hybridized carbons (Fsp3) is 0.429. The third-order valence-corrected chi connectivity index (χ3v) is 2.67. The number of hydrogen-bond donors (Lipinski definition) is 2. The molecule has 0 heterocycles. The molecule has 20 heavy (non-hydrogen) atoms. The molecule has 0 saturated carbocycles. The highest BCUT2D eigenvalue weighted by Gasteiger charge is 2.12. The normalized spacial score (nSPS) is 11.2. The second kappa shape index (κ2) is 7.87. The van der Waals surface area contributed by atoms with Crippen LogP contribution in [-0.2, 0) is 4.79 Å². The summed E-state index contributed by atoms with van der Waals surface area (Å²) in [6.07, 6.45) is 0.255. The van der Waals surface area contributed by atoms with Gasteiger partial charge in [-0.25, -0.2) is 0 Å². The van der Waals surface area contributed by atoms with Gasteiger partial charge in [0.05, 0.1) is 0 Å². The molecule has 5 nitrogen and oxygen atoms in total. The second-order valence-corrected chi connectivity index (χ2v) is 4.96. The monoisotopic (exact) mass is 299 g/mol. The van der Waals surface area contributed by atoms with Crippen molar-refractivity contribution in [1.82, 2.24) is 4.90 Å². The van der Waals surface area contributed by atoms with Crippen molar-refractivity contribution in [1.29, 1.82) is 0 Å². The first kappa shape index (κ1) is 18.4. The summed E-state index contributed by atoms with van der Waals surface area (Å²) in [5.74, 6) is -0.241. The number of benzene rings is 1. The van der Waals surface area contributed by atoms with E-state index < -0.39 is 0 Å². The summed E-state index contributed by atoms with van der Waals surface area (Å²) in [6, 6.07) is 5.07. The highest BCUT2D eigenvalue weighted by molar-refractivity contribution is 5.97. The Bertz CT molecular complexity index is 487. The van der Waals surface area contributed by atoms with Crippen molar-refractivity contribution in [2.45, 2.75) is 26.3 Å². The van der Waals surface area contributed by atoms with E-state index >= 15 is 0 Å². The molecule has 0 fully saturated rings. The number of rotatable bonds is 4. The molecule has 0 radical (unpaired) electrons. The van der Waals surface area contributed by atoms with Gasteiger partial charge in [-0.15, -0.1) is 12.4 Å². The summed E-state index contributed by atoms with van der Waals surface area (Å²) in [5, 5.41) is 2.79. The van der Waals surface area contributed by atoms with Crippen LogP contribution in [0.3, 0.4) is 0 Å². The molecule has 1 rings (SSSR count). The molecule has 1 unspecified atom stereocenters. The molecule has 0 aliphatic heterocycles. The van der Waals surface area contributed by atoms with E-state index in [1.807, 2.05) is 13.0 Å². The number of aryl methyl sites for hydroxylation is 1. The van der Waals surface area contributed by atoms with Gasteiger partial charge < -0.3 is 16.0 Å². The van der Waals surface area contributed by atoms with Gasteiger partial charge in [0, 0.05) is 37.8 Å². The molecule has 3 N–H and O–H groups in total. The van der Waals surface area contributed by atoms with Crippen molar-refractivity contribution >= 4 is 29.9 Å². The lowest BCUT2D eigenvalue weighted by Crippen LogP contribution is -2.25. The van der Waals surface area contributed by atoms with Crippen molar-refractivity contribution in [3.63, 3.8) is 0 Å². The predicted molar refractivity (Wildman–Crippen MR) is 83.3 cm³/mol. The van der Waals surface area contributed by atoms with E-state index in [0.717, 1.165) is 5.56 Å².